The highest BCUT2D eigenvalue weighted by Gasteiger charge is 2.05. The molecule has 2 N–H and O–H groups in total. The molecule has 7 nitrogen and oxygen atoms in total. The van der Waals surface area contributed by atoms with Crippen LogP contribution in [0.4, 0.5) is 11.5 Å². The van der Waals surface area contributed by atoms with E-state index in [1.807, 2.05) is 24.3 Å². The van der Waals surface area contributed by atoms with Gasteiger partial charge in [-0.3, -0.25) is 5.43 Å². The first-order valence-corrected chi connectivity index (χ1v) is 8.79. The van der Waals surface area contributed by atoms with Crippen LogP contribution >= 0.6 is 23.2 Å². The molecule has 0 saturated heterocycles. The van der Waals surface area contributed by atoms with Crippen molar-refractivity contribution in [2.24, 2.45) is 5.10 Å². The van der Waals surface area contributed by atoms with Gasteiger partial charge in [0, 0.05) is 30.5 Å². The molecule has 3 rings (SSSR count). The molecule has 1 aromatic carbocycles. The van der Waals surface area contributed by atoms with Gasteiger partial charge in [-0.15, -0.1) is 23.2 Å². The standard InChI is InChI=1S/C16H17Cl2N7/c17-5-7-25(8-6-18)13-3-1-12(2-4-13)9-23-24-16-14-15(20-10-19-14)21-11-22-16/h1-4,9-11H,5-8H2,(H2,19,20,21,22,24)/b23-9-. The minimum absolute atomic E-state index is 0.561. The number of benzene rings is 1. The first-order valence-electron chi connectivity index (χ1n) is 7.72. The Kier molecular flexibility index (Phi) is 6.03. The third-order valence-electron chi connectivity index (χ3n) is 3.57. The Labute approximate surface area is 155 Å². The second-order valence-electron chi connectivity index (χ2n) is 5.15. The highest BCUT2D eigenvalue weighted by atomic mass is 35.5. The molecule has 3 aromatic rings. The molecule has 9 heteroatoms. The topological polar surface area (TPSA) is 82.1 Å². The fourth-order valence-electron chi connectivity index (χ4n) is 2.36. The summed E-state index contributed by atoms with van der Waals surface area (Å²) < 4.78 is 0. The summed E-state index contributed by atoms with van der Waals surface area (Å²) in [4.78, 5) is 17.4. The lowest BCUT2D eigenvalue weighted by molar-refractivity contribution is 0.874. The zero-order chi connectivity index (χ0) is 17.5. The molecule has 0 atom stereocenters. The van der Waals surface area contributed by atoms with Crippen LogP contribution in [0.1, 0.15) is 5.56 Å². The van der Waals surface area contributed by atoms with Crippen LogP contribution in [-0.2, 0) is 0 Å². The third-order valence-corrected chi connectivity index (χ3v) is 3.91. The lowest BCUT2D eigenvalue weighted by atomic mass is 10.2. The SMILES string of the molecule is ClCCN(CCCl)c1ccc(/C=N\Nc2ncnc3nc[nH]c23)cc1. The molecule has 25 heavy (non-hydrogen) atoms. The summed E-state index contributed by atoms with van der Waals surface area (Å²) in [5.41, 5.74) is 6.26. The normalized spacial score (nSPS) is 11.3. The predicted octanol–water partition coefficient (Wildman–Crippen LogP) is 3.08. The Balaban J connectivity index is 1.66. The molecule has 2 aromatic heterocycles. The lowest BCUT2D eigenvalue weighted by Crippen LogP contribution is -2.27. The third kappa shape index (κ3) is 4.37. The molecule has 0 bridgehead atoms. The zero-order valence-electron chi connectivity index (χ0n) is 13.4. The number of fused-ring (bicyclic) bond motifs is 1. The number of nitrogens with zero attached hydrogens (tertiary/aromatic N) is 5. The number of nitrogens with one attached hydrogen (secondary N) is 2. The van der Waals surface area contributed by atoms with Crippen LogP contribution in [0.5, 0.6) is 0 Å². The van der Waals surface area contributed by atoms with Crippen LogP contribution in [-0.4, -0.2) is 51.0 Å². The minimum atomic E-state index is 0.561. The van der Waals surface area contributed by atoms with Crippen molar-refractivity contribution in [2.45, 2.75) is 0 Å². The quantitative estimate of drug-likeness (QED) is 0.358. The van der Waals surface area contributed by atoms with Gasteiger partial charge in [-0.2, -0.15) is 5.10 Å². The Morgan fingerprint density at radius 3 is 2.56 bits per heavy atom. The maximum atomic E-state index is 5.84. The average molecular weight is 378 g/mol. The number of anilines is 2. The summed E-state index contributed by atoms with van der Waals surface area (Å²) in [7, 11) is 0. The summed E-state index contributed by atoms with van der Waals surface area (Å²) in [6.45, 7) is 1.52. The fourth-order valence-corrected chi connectivity index (χ4v) is 2.77. The van der Waals surface area contributed by atoms with Crippen LogP contribution < -0.4 is 10.3 Å². The van der Waals surface area contributed by atoms with Crippen molar-refractivity contribution in [1.29, 1.82) is 0 Å². The van der Waals surface area contributed by atoms with Crippen molar-refractivity contribution < 1.29 is 0 Å². The van der Waals surface area contributed by atoms with E-state index in [2.05, 4.69) is 35.4 Å². The number of H-pyrrole nitrogens is 1. The number of halogens is 2. The summed E-state index contributed by atoms with van der Waals surface area (Å²) >= 11 is 11.7. The molecule has 2 heterocycles. The van der Waals surface area contributed by atoms with E-state index in [-0.39, 0.29) is 0 Å². The van der Waals surface area contributed by atoms with Gasteiger partial charge in [0.25, 0.3) is 0 Å². The van der Waals surface area contributed by atoms with Crippen molar-refractivity contribution in [3.8, 4) is 0 Å². The summed E-state index contributed by atoms with van der Waals surface area (Å²) in [5, 5.41) is 4.22. The van der Waals surface area contributed by atoms with E-state index in [9.17, 15) is 0 Å². The van der Waals surface area contributed by atoms with Gasteiger partial charge < -0.3 is 9.88 Å². The molecule has 130 valence electrons. The van der Waals surface area contributed by atoms with Crippen LogP contribution in [0, 0.1) is 0 Å². The molecule has 0 fully saturated rings. The molecular weight excluding hydrogens is 361 g/mol. The first-order chi connectivity index (χ1) is 12.3. The van der Waals surface area contributed by atoms with Crippen molar-refractivity contribution in [2.75, 3.05) is 35.2 Å². The molecule has 0 spiro atoms. The number of alkyl halides is 2. The Morgan fingerprint density at radius 2 is 1.84 bits per heavy atom. The van der Waals surface area contributed by atoms with Crippen molar-refractivity contribution in [1.82, 2.24) is 19.9 Å². The molecular formula is C16H17Cl2N7. The molecule has 0 amide bonds. The Bertz CT molecular complexity index is 826. The van der Waals surface area contributed by atoms with E-state index in [0.29, 0.717) is 28.7 Å². The van der Waals surface area contributed by atoms with E-state index < -0.39 is 0 Å². The van der Waals surface area contributed by atoms with Gasteiger partial charge in [-0.25, -0.2) is 15.0 Å². The summed E-state index contributed by atoms with van der Waals surface area (Å²) in [6.07, 6.45) is 4.74. The van der Waals surface area contributed by atoms with Gasteiger partial charge in [0.1, 0.15) is 11.8 Å². The summed E-state index contributed by atoms with van der Waals surface area (Å²) in [6, 6.07) is 8.03. The highest BCUT2D eigenvalue weighted by Crippen LogP contribution is 2.16. The van der Waals surface area contributed by atoms with E-state index in [0.717, 1.165) is 24.3 Å². The number of imidazole rings is 1. The number of aromatic amines is 1. The van der Waals surface area contributed by atoms with Crippen molar-refractivity contribution in [3.63, 3.8) is 0 Å². The largest absolute Gasteiger partial charge is 0.369 e. The summed E-state index contributed by atoms with van der Waals surface area (Å²) in [5.74, 6) is 1.70. The second kappa shape index (κ2) is 8.64. The smallest absolute Gasteiger partial charge is 0.182 e. The van der Waals surface area contributed by atoms with Gasteiger partial charge in [0.15, 0.2) is 11.5 Å². The number of hydrogen-bond acceptors (Lipinski definition) is 6. The highest BCUT2D eigenvalue weighted by molar-refractivity contribution is 6.18. The monoisotopic (exact) mass is 377 g/mol. The maximum Gasteiger partial charge on any atom is 0.182 e. The van der Waals surface area contributed by atoms with Gasteiger partial charge in [0.2, 0.25) is 0 Å². The minimum Gasteiger partial charge on any atom is -0.369 e. The lowest BCUT2D eigenvalue weighted by Gasteiger charge is -2.22. The van der Waals surface area contributed by atoms with Crippen molar-refractivity contribution in [3.05, 3.63) is 42.5 Å². The zero-order valence-corrected chi connectivity index (χ0v) is 14.9. The predicted molar refractivity (Wildman–Crippen MR) is 103 cm³/mol. The number of hydrazone groups is 1. The Morgan fingerprint density at radius 1 is 1.08 bits per heavy atom. The maximum absolute atomic E-state index is 5.84. The van der Waals surface area contributed by atoms with Gasteiger partial charge in [-0.05, 0) is 17.7 Å². The molecule has 0 saturated carbocycles. The Hall–Kier alpha value is -2.38. The average Bonchev–Trinajstić information content (AvgIpc) is 3.12. The number of rotatable bonds is 8. The number of aromatic nitrogens is 4. The van der Waals surface area contributed by atoms with Crippen LogP contribution in [0.25, 0.3) is 11.2 Å². The van der Waals surface area contributed by atoms with E-state index in [1.165, 1.54) is 6.33 Å². The van der Waals surface area contributed by atoms with Crippen LogP contribution in [0.2, 0.25) is 0 Å². The molecule has 0 aliphatic carbocycles. The molecule has 0 aliphatic heterocycles. The fraction of sp³-hybridized carbons (Fsp3) is 0.250. The van der Waals surface area contributed by atoms with E-state index in [1.54, 1.807) is 12.5 Å². The molecule has 0 aliphatic rings. The van der Waals surface area contributed by atoms with Gasteiger partial charge in [0.05, 0.1) is 12.5 Å². The number of hydrogen-bond donors (Lipinski definition) is 2. The van der Waals surface area contributed by atoms with Gasteiger partial charge >= 0.3 is 0 Å². The van der Waals surface area contributed by atoms with Gasteiger partial charge in [-0.1, -0.05) is 12.1 Å². The molecule has 0 unspecified atom stereocenters. The second-order valence-corrected chi connectivity index (χ2v) is 5.91. The van der Waals surface area contributed by atoms with Crippen LogP contribution in [0.15, 0.2) is 42.0 Å². The first kappa shape index (κ1) is 17.4. The van der Waals surface area contributed by atoms with E-state index >= 15 is 0 Å². The van der Waals surface area contributed by atoms with Crippen LogP contribution in [0.3, 0.4) is 0 Å². The molecule has 0 radical (unpaired) electrons. The van der Waals surface area contributed by atoms with E-state index in [4.69, 9.17) is 23.2 Å². The van der Waals surface area contributed by atoms with Crippen molar-refractivity contribution >= 4 is 52.1 Å².